The summed E-state index contributed by atoms with van der Waals surface area (Å²) in [4.78, 5) is 24.1. The number of amides is 1. The topological polar surface area (TPSA) is 88.5 Å². The molecule has 1 amide bonds. The van der Waals surface area contributed by atoms with Crippen molar-refractivity contribution in [1.29, 1.82) is 0 Å². The molecule has 0 radical (unpaired) electrons. The van der Waals surface area contributed by atoms with Crippen LogP contribution in [0.2, 0.25) is 0 Å². The van der Waals surface area contributed by atoms with Crippen molar-refractivity contribution < 1.29 is 18.0 Å². The number of halogens is 3. The third-order valence-electron chi connectivity index (χ3n) is 5.24. The number of rotatable bonds is 5. The fourth-order valence-corrected chi connectivity index (χ4v) is 3.65. The molecule has 0 saturated carbocycles. The fourth-order valence-electron chi connectivity index (χ4n) is 3.65. The third kappa shape index (κ3) is 4.38. The highest BCUT2D eigenvalue weighted by atomic mass is 19.4. The smallest absolute Gasteiger partial charge is 0.346 e. The van der Waals surface area contributed by atoms with E-state index < -0.39 is 17.6 Å². The number of hydrogen-bond acceptors (Lipinski definition) is 4. The van der Waals surface area contributed by atoms with Gasteiger partial charge in [-0.1, -0.05) is 18.2 Å². The van der Waals surface area contributed by atoms with Gasteiger partial charge in [0.15, 0.2) is 0 Å². The van der Waals surface area contributed by atoms with Gasteiger partial charge in [-0.2, -0.15) is 18.3 Å². The summed E-state index contributed by atoms with van der Waals surface area (Å²) >= 11 is 0. The maximum absolute atomic E-state index is 12.9. The van der Waals surface area contributed by atoms with Crippen molar-refractivity contribution in [3.63, 3.8) is 0 Å². The van der Waals surface area contributed by atoms with Crippen molar-refractivity contribution in [2.45, 2.75) is 12.7 Å². The van der Waals surface area contributed by atoms with E-state index in [0.717, 1.165) is 40.0 Å². The summed E-state index contributed by atoms with van der Waals surface area (Å²) in [5.41, 5.74) is 2.72. The average molecular weight is 462 g/mol. The number of aromatic nitrogens is 5. The Morgan fingerprint density at radius 1 is 1.06 bits per heavy atom. The third-order valence-corrected chi connectivity index (χ3v) is 5.24. The van der Waals surface area contributed by atoms with Gasteiger partial charge >= 0.3 is 6.18 Å². The number of carbonyl (C=O) groups excluding carboxylic acids is 1. The van der Waals surface area contributed by atoms with Gasteiger partial charge in [0.25, 0.3) is 5.91 Å². The molecule has 2 aromatic carbocycles. The predicted molar refractivity (Wildman–Crippen MR) is 120 cm³/mol. The Morgan fingerprint density at radius 3 is 2.76 bits per heavy atom. The van der Waals surface area contributed by atoms with E-state index in [1.165, 1.54) is 18.5 Å². The van der Waals surface area contributed by atoms with Gasteiger partial charge in [-0.25, -0.2) is 9.97 Å². The van der Waals surface area contributed by atoms with Crippen molar-refractivity contribution in [3.05, 3.63) is 96.2 Å². The van der Waals surface area contributed by atoms with E-state index in [0.29, 0.717) is 12.2 Å². The highest BCUT2D eigenvalue weighted by molar-refractivity contribution is 6.04. The van der Waals surface area contributed by atoms with Gasteiger partial charge in [-0.3, -0.25) is 9.48 Å². The maximum atomic E-state index is 12.9. The van der Waals surface area contributed by atoms with E-state index in [1.54, 1.807) is 35.3 Å². The molecule has 0 bridgehead atoms. The van der Waals surface area contributed by atoms with Gasteiger partial charge in [0, 0.05) is 34.6 Å². The molecule has 0 unspecified atom stereocenters. The van der Waals surface area contributed by atoms with Gasteiger partial charge in [-0.05, 0) is 42.0 Å². The van der Waals surface area contributed by atoms with Crippen molar-refractivity contribution in [2.24, 2.45) is 0 Å². The monoisotopic (exact) mass is 462 g/mol. The maximum Gasteiger partial charge on any atom is 0.416 e. The normalized spacial score (nSPS) is 11.6. The highest BCUT2D eigenvalue weighted by Crippen LogP contribution is 2.30. The van der Waals surface area contributed by atoms with E-state index >= 15 is 0 Å². The van der Waals surface area contributed by atoms with Crippen LogP contribution in [0.25, 0.3) is 22.3 Å². The number of carbonyl (C=O) groups is 1. The van der Waals surface area contributed by atoms with Gasteiger partial charge in [0.05, 0.1) is 24.0 Å². The first-order chi connectivity index (χ1) is 16.4. The van der Waals surface area contributed by atoms with Crippen LogP contribution in [0.15, 0.2) is 79.5 Å². The zero-order chi connectivity index (χ0) is 23.7. The summed E-state index contributed by atoms with van der Waals surface area (Å²) < 4.78 is 40.6. The summed E-state index contributed by atoms with van der Waals surface area (Å²) in [6, 6.07) is 13.3. The number of H-pyrrole nitrogens is 1. The van der Waals surface area contributed by atoms with Crippen LogP contribution in [0.3, 0.4) is 0 Å². The number of anilines is 1. The summed E-state index contributed by atoms with van der Waals surface area (Å²) in [6.45, 7) is 0.425. The molecule has 7 nitrogen and oxygen atoms in total. The molecule has 3 heterocycles. The number of fused-ring (bicyclic) bond motifs is 1. The van der Waals surface area contributed by atoms with Crippen LogP contribution in [-0.4, -0.2) is 30.6 Å². The summed E-state index contributed by atoms with van der Waals surface area (Å²) in [7, 11) is 0. The molecule has 2 N–H and O–H groups in total. The number of hydrogen-bond donors (Lipinski definition) is 2. The average Bonchev–Trinajstić information content (AvgIpc) is 3.48. The zero-order valence-electron chi connectivity index (χ0n) is 17.5. The second-order valence-electron chi connectivity index (χ2n) is 7.62. The second kappa shape index (κ2) is 8.47. The van der Waals surface area contributed by atoms with Gasteiger partial charge in [0.2, 0.25) is 0 Å². The molecule has 170 valence electrons. The van der Waals surface area contributed by atoms with Crippen molar-refractivity contribution in [1.82, 2.24) is 24.7 Å². The molecule has 0 saturated heterocycles. The zero-order valence-corrected chi connectivity index (χ0v) is 17.5. The molecular weight excluding hydrogens is 445 g/mol. The van der Waals surface area contributed by atoms with E-state index in [1.807, 2.05) is 18.3 Å². The number of aromatic amines is 1. The van der Waals surface area contributed by atoms with E-state index in [9.17, 15) is 18.0 Å². The van der Waals surface area contributed by atoms with E-state index in [4.69, 9.17) is 0 Å². The molecule has 34 heavy (non-hydrogen) atoms. The fraction of sp³-hybridized carbons (Fsp3) is 0.0833. The molecule has 5 rings (SSSR count). The number of alkyl halides is 3. The van der Waals surface area contributed by atoms with E-state index in [2.05, 4.69) is 25.4 Å². The summed E-state index contributed by atoms with van der Waals surface area (Å²) in [6.07, 6.45) is 2.35. The molecule has 3 aromatic heterocycles. The first-order valence-corrected chi connectivity index (χ1v) is 10.3. The molecule has 0 fully saturated rings. The Kier molecular flexibility index (Phi) is 5.33. The SMILES string of the molecule is O=C(Nc1cccc(Cn2cc(-c3ncnc4[nH]ccc34)cn2)c1)c1cccc(C(F)(F)F)c1. The molecule has 5 aromatic rings. The lowest BCUT2D eigenvalue weighted by molar-refractivity contribution is -0.137. The molecule has 0 aliphatic carbocycles. The van der Waals surface area contributed by atoms with Crippen LogP contribution in [0.5, 0.6) is 0 Å². The van der Waals surface area contributed by atoms with Crippen LogP contribution >= 0.6 is 0 Å². The molecule has 10 heteroatoms. The Bertz CT molecular complexity index is 1490. The predicted octanol–water partition coefficient (Wildman–Crippen LogP) is 5.14. The molecule has 0 atom stereocenters. The molecule has 0 aliphatic rings. The van der Waals surface area contributed by atoms with Crippen LogP contribution in [0.4, 0.5) is 18.9 Å². The van der Waals surface area contributed by atoms with Gasteiger partial charge in [0.1, 0.15) is 12.0 Å². The van der Waals surface area contributed by atoms with Crippen LogP contribution in [0, 0.1) is 0 Å². The van der Waals surface area contributed by atoms with Crippen LogP contribution in [0.1, 0.15) is 21.5 Å². The van der Waals surface area contributed by atoms with Gasteiger partial charge < -0.3 is 10.3 Å². The first kappa shape index (κ1) is 21.4. The van der Waals surface area contributed by atoms with Crippen LogP contribution in [-0.2, 0) is 12.7 Å². The highest BCUT2D eigenvalue weighted by Gasteiger charge is 2.30. The van der Waals surface area contributed by atoms with Gasteiger partial charge in [-0.15, -0.1) is 0 Å². The lowest BCUT2D eigenvalue weighted by atomic mass is 10.1. The van der Waals surface area contributed by atoms with Crippen molar-refractivity contribution in [2.75, 3.05) is 5.32 Å². The lowest BCUT2D eigenvalue weighted by Gasteiger charge is -2.10. The molecular formula is C24H17F3N6O. The minimum Gasteiger partial charge on any atom is -0.346 e. The minimum absolute atomic E-state index is 0.0714. The molecule has 0 spiro atoms. The number of benzene rings is 2. The Hall–Kier alpha value is -4.47. The standard InChI is InChI=1S/C24H17F3N6O/c25-24(26,27)18-5-2-4-16(10-18)23(34)32-19-6-1-3-15(9-19)12-33-13-17(11-31-33)21-20-7-8-28-22(20)30-14-29-21/h1-11,13-14H,12H2,(H,32,34)(H,28,29,30). The quantitative estimate of drug-likeness (QED) is 0.379. The summed E-state index contributed by atoms with van der Waals surface area (Å²) in [5, 5.41) is 7.95. The number of nitrogens with one attached hydrogen (secondary N) is 2. The Labute approximate surface area is 191 Å². The summed E-state index contributed by atoms with van der Waals surface area (Å²) in [5.74, 6) is -0.621. The Morgan fingerprint density at radius 2 is 1.91 bits per heavy atom. The van der Waals surface area contributed by atoms with Crippen molar-refractivity contribution >= 4 is 22.6 Å². The van der Waals surface area contributed by atoms with Crippen LogP contribution < -0.4 is 5.32 Å². The first-order valence-electron chi connectivity index (χ1n) is 10.3. The van der Waals surface area contributed by atoms with Crippen molar-refractivity contribution in [3.8, 4) is 11.3 Å². The molecule has 0 aliphatic heterocycles. The lowest BCUT2D eigenvalue weighted by Crippen LogP contribution is -2.14. The Balaban J connectivity index is 1.32. The minimum atomic E-state index is -4.52. The van der Waals surface area contributed by atoms with E-state index in [-0.39, 0.29) is 5.56 Å². The second-order valence-corrected chi connectivity index (χ2v) is 7.62. The largest absolute Gasteiger partial charge is 0.416 e. The number of nitrogens with zero attached hydrogens (tertiary/aromatic N) is 4.